The number of rotatable bonds is 4. The minimum atomic E-state index is -0.122. The maximum atomic E-state index is 8.86. The molecule has 0 radical (unpaired) electrons. The lowest BCUT2D eigenvalue weighted by atomic mass is 10.5. The first-order chi connectivity index (χ1) is 7.38. The van der Waals surface area contributed by atoms with E-state index >= 15 is 0 Å². The minimum Gasteiger partial charge on any atom is -0.471 e. The molecule has 0 unspecified atom stereocenters. The molecule has 0 aliphatic rings. The molecule has 1 N–H and O–H groups in total. The molecule has 4 nitrogen and oxygen atoms in total. The smallest absolute Gasteiger partial charge is 0.232 e. The Bertz CT molecular complexity index is 417. The second-order valence-electron chi connectivity index (χ2n) is 2.87. The normalized spacial score (nSPS) is 10.2. The average molecular weight is 222 g/mol. The first-order valence-electron chi connectivity index (χ1n) is 4.45. The molecule has 0 bridgehead atoms. The fraction of sp³-hybridized carbons (Fsp3) is 0.200. The van der Waals surface area contributed by atoms with Crippen LogP contribution in [0.5, 0.6) is 5.88 Å². The lowest BCUT2D eigenvalue weighted by molar-refractivity contribution is 0.265. The van der Waals surface area contributed by atoms with Gasteiger partial charge in [0.15, 0.2) is 0 Å². The Morgan fingerprint density at radius 1 is 1.40 bits per heavy atom. The van der Waals surface area contributed by atoms with Crippen LogP contribution in [0.1, 0.15) is 10.6 Å². The molecule has 2 aromatic heterocycles. The third kappa shape index (κ3) is 2.74. The Morgan fingerprint density at radius 2 is 2.33 bits per heavy atom. The van der Waals surface area contributed by atoms with Crippen molar-refractivity contribution in [1.29, 1.82) is 0 Å². The fourth-order valence-corrected chi connectivity index (χ4v) is 1.69. The van der Waals surface area contributed by atoms with Gasteiger partial charge in [-0.1, -0.05) is 6.07 Å². The van der Waals surface area contributed by atoms with E-state index < -0.39 is 0 Å². The minimum absolute atomic E-state index is 0.122. The molecule has 0 aliphatic carbocycles. The number of ether oxygens (including phenoxy) is 1. The number of aliphatic hydroxyl groups excluding tert-OH is 1. The number of aromatic nitrogens is 2. The third-order valence-corrected chi connectivity index (χ3v) is 2.62. The molecule has 2 rings (SSSR count). The first kappa shape index (κ1) is 10.1. The molecule has 5 heteroatoms. The van der Waals surface area contributed by atoms with Crippen LogP contribution < -0.4 is 4.74 Å². The van der Waals surface area contributed by atoms with E-state index in [0.717, 1.165) is 4.88 Å². The Kier molecular flexibility index (Phi) is 3.26. The Labute approximate surface area is 91.2 Å². The molecule has 0 saturated heterocycles. The molecule has 0 atom stereocenters. The van der Waals surface area contributed by atoms with Gasteiger partial charge in [0.25, 0.3) is 0 Å². The molecular formula is C10H10N2O2S. The number of hydrogen-bond acceptors (Lipinski definition) is 5. The molecule has 2 aromatic rings. The molecule has 78 valence electrons. The predicted molar refractivity (Wildman–Crippen MR) is 56.6 cm³/mol. The maximum absolute atomic E-state index is 8.86. The van der Waals surface area contributed by atoms with Gasteiger partial charge in [0, 0.05) is 4.88 Å². The van der Waals surface area contributed by atoms with Gasteiger partial charge in [0.05, 0.1) is 24.7 Å². The van der Waals surface area contributed by atoms with Crippen molar-refractivity contribution < 1.29 is 9.84 Å². The number of nitrogens with zero attached hydrogens (tertiary/aromatic N) is 2. The average Bonchev–Trinajstić information content (AvgIpc) is 2.79. The van der Waals surface area contributed by atoms with Crippen molar-refractivity contribution in [2.45, 2.75) is 13.2 Å². The van der Waals surface area contributed by atoms with Gasteiger partial charge >= 0.3 is 0 Å². The van der Waals surface area contributed by atoms with Crippen molar-refractivity contribution in [2.75, 3.05) is 0 Å². The summed E-state index contributed by atoms with van der Waals surface area (Å²) in [6, 6.07) is 3.97. The van der Waals surface area contributed by atoms with Crippen LogP contribution in [0.4, 0.5) is 0 Å². The van der Waals surface area contributed by atoms with Gasteiger partial charge in [0.1, 0.15) is 6.61 Å². The van der Waals surface area contributed by atoms with Crippen molar-refractivity contribution in [3.63, 3.8) is 0 Å². The van der Waals surface area contributed by atoms with Gasteiger partial charge < -0.3 is 9.84 Å². The zero-order chi connectivity index (χ0) is 10.5. The highest BCUT2D eigenvalue weighted by molar-refractivity contribution is 7.09. The summed E-state index contributed by atoms with van der Waals surface area (Å²) in [4.78, 5) is 9.10. The molecule has 0 spiro atoms. The van der Waals surface area contributed by atoms with E-state index in [1.807, 2.05) is 17.5 Å². The summed E-state index contributed by atoms with van der Waals surface area (Å²) in [5, 5.41) is 10.9. The van der Waals surface area contributed by atoms with Crippen LogP contribution in [-0.4, -0.2) is 15.1 Å². The van der Waals surface area contributed by atoms with Crippen LogP contribution in [0.2, 0.25) is 0 Å². The molecule has 0 amide bonds. The highest BCUT2D eigenvalue weighted by Crippen LogP contribution is 2.12. The zero-order valence-electron chi connectivity index (χ0n) is 7.96. The second-order valence-corrected chi connectivity index (χ2v) is 3.91. The van der Waals surface area contributed by atoms with Crippen molar-refractivity contribution in [3.05, 3.63) is 40.5 Å². The molecule has 0 fully saturated rings. The van der Waals surface area contributed by atoms with E-state index in [1.165, 1.54) is 12.4 Å². The Hall–Kier alpha value is -1.46. The molecular weight excluding hydrogens is 212 g/mol. The Balaban J connectivity index is 1.98. The topological polar surface area (TPSA) is 55.2 Å². The van der Waals surface area contributed by atoms with Crippen molar-refractivity contribution >= 4 is 11.3 Å². The van der Waals surface area contributed by atoms with Crippen molar-refractivity contribution in [3.8, 4) is 5.88 Å². The van der Waals surface area contributed by atoms with Gasteiger partial charge in [-0.15, -0.1) is 11.3 Å². The van der Waals surface area contributed by atoms with E-state index in [2.05, 4.69) is 9.97 Å². The van der Waals surface area contributed by atoms with E-state index in [-0.39, 0.29) is 6.61 Å². The lowest BCUT2D eigenvalue weighted by Gasteiger charge is -2.03. The summed E-state index contributed by atoms with van der Waals surface area (Å²) in [6.45, 7) is 0.366. The van der Waals surface area contributed by atoms with Gasteiger partial charge in [-0.25, -0.2) is 4.98 Å². The van der Waals surface area contributed by atoms with E-state index in [4.69, 9.17) is 9.84 Å². The van der Waals surface area contributed by atoms with E-state index in [0.29, 0.717) is 18.2 Å². The van der Waals surface area contributed by atoms with Crippen LogP contribution in [0.3, 0.4) is 0 Å². The molecule has 0 saturated carbocycles. The van der Waals surface area contributed by atoms with E-state index in [9.17, 15) is 0 Å². The quantitative estimate of drug-likeness (QED) is 0.853. The summed E-state index contributed by atoms with van der Waals surface area (Å²) < 4.78 is 5.42. The molecule has 15 heavy (non-hydrogen) atoms. The van der Waals surface area contributed by atoms with Gasteiger partial charge in [0.2, 0.25) is 5.88 Å². The summed E-state index contributed by atoms with van der Waals surface area (Å²) >= 11 is 1.63. The highest BCUT2D eigenvalue weighted by Gasteiger charge is 2.00. The van der Waals surface area contributed by atoms with Crippen molar-refractivity contribution in [1.82, 2.24) is 9.97 Å². The summed E-state index contributed by atoms with van der Waals surface area (Å²) in [6.07, 6.45) is 3.05. The summed E-state index contributed by atoms with van der Waals surface area (Å²) in [7, 11) is 0. The molecule has 0 aromatic carbocycles. The van der Waals surface area contributed by atoms with Crippen LogP contribution in [0.15, 0.2) is 29.9 Å². The third-order valence-electron chi connectivity index (χ3n) is 1.77. The second kappa shape index (κ2) is 4.86. The standard InChI is InChI=1S/C10H10N2O2S/c13-6-8-4-11-5-10(12-8)14-7-9-2-1-3-15-9/h1-5,13H,6-7H2. The van der Waals surface area contributed by atoms with Crippen LogP contribution in [-0.2, 0) is 13.2 Å². The lowest BCUT2D eigenvalue weighted by Crippen LogP contribution is -1.98. The van der Waals surface area contributed by atoms with Crippen molar-refractivity contribution in [2.24, 2.45) is 0 Å². The van der Waals surface area contributed by atoms with Gasteiger partial charge in [-0.2, -0.15) is 0 Å². The maximum Gasteiger partial charge on any atom is 0.232 e. The SMILES string of the molecule is OCc1cncc(OCc2cccs2)n1. The van der Waals surface area contributed by atoms with Gasteiger partial charge in [-0.3, -0.25) is 4.98 Å². The number of aliphatic hydroxyl groups is 1. The number of hydrogen-bond donors (Lipinski definition) is 1. The molecule has 2 heterocycles. The first-order valence-corrected chi connectivity index (χ1v) is 5.33. The zero-order valence-corrected chi connectivity index (χ0v) is 8.78. The fourth-order valence-electron chi connectivity index (χ4n) is 1.07. The van der Waals surface area contributed by atoms with Gasteiger partial charge in [-0.05, 0) is 11.4 Å². The van der Waals surface area contributed by atoms with E-state index in [1.54, 1.807) is 11.3 Å². The van der Waals surface area contributed by atoms with Crippen LogP contribution in [0, 0.1) is 0 Å². The predicted octanol–water partition coefficient (Wildman–Crippen LogP) is 1.61. The summed E-state index contributed by atoms with van der Waals surface area (Å²) in [5.74, 6) is 0.440. The van der Waals surface area contributed by atoms with Crippen LogP contribution >= 0.6 is 11.3 Å². The summed E-state index contributed by atoms with van der Waals surface area (Å²) in [5.41, 5.74) is 0.513. The largest absolute Gasteiger partial charge is 0.471 e. The monoisotopic (exact) mass is 222 g/mol. The Morgan fingerprint density at radius 3 is 3.07 bits per heavy atom. The molecule has 0 aliphatic heterocycles. The highest BCUT2D eigenvalue weighted by atomic mass is 32.1. The van der Waals surface area contributed by atoms with Crippen LogP contribution in [0.25, 0.3) is 0 Å². The number of thiophene rings is 1.